The fourth-order valence-corrected chi connectivity index (χ4v) is 5.52. The van der Waals surface area contributed by atoms with Gasteiger partial charge in [-0.05, 0) is 31.0 Å². The number of hydrogen-bond donors (Lipinski definition) is 1. The topological polar surface area (TPSA) is 58.6 Å². The Morgan fingerprint density at radius 3 is 3.04 bits per heavy atom. The van der Waals surface area contributed by atoms with E-state index >= 15 is 0 Å². The van der Waals surface area contributed by atoms with Crippen LogP contribution in [0, 0.1) is 17.7 Å². The summed E-state index contributed by atoms with van der Waals surface area (Å²) >= 11 is 5.99. The molecule has 0 radical (unpaired) electrons. The van der Waals surface area contributed by atoms with Gasteiger partial charge in [-0.3, -0.25) is 4.90 Å². The summed E-state index contributed by atoms with van der Waals surface area (Å²) in [5.74, 6) is 0.208. The molecular weight excluding hydrogens is 367 g/mol. The standard InChI is InChI=1S/C17H22ClFN2O3S/c1-25(22,23)20-7-13-14-9-21(10-17(14)5-4-16(13)24-17)8-11-6-12(18)2-3-15(11)19/h2-3,6,13-14,16,20H,4-5,7-10H2,1H3/t13-,14+,16+,17+/m0/s1. The van der Waals surface area contributed by atoms with Gasteiger partial charge in [-0.2, -0.15) is 0 Å². The van der Waals surface area contributed by atoms with E-state index in [9.17, 15) is 12.8 Å². The van der Waals surface area contributed by atoms with Crippen molar-refractivity contribution in [1.82, 2.24) is 9.62 Å². The van der Waals surface area contributed by atoms with Crippen LogP contribution in [0.3, 0.4) is 0 Å². The van der Waals surface area contributed by atoms with Crippen LogP contribution in [0.1, 0.15) is 18.4 Å². The molecule has 0 amide bonds. The summed E-state index contributed by atoms with van der Waals surface area (Å²) in [6, 6.07) is 4.62. The quantitative estimate of drug-likeness (QED) is 0.838. The van der Waals surface area contributed by atoms with E-state index in [0.29, 0.717) is 23.7 Å². The SMILES string of the molecule is CS(=O)(=O)NC[C@H]1[C@H]2CN(Cc3cc(Cl)ccc3F)C[C@]23CC[C@H]1O3. The summed E-state index contributed by atoms with van der Waals surface area (Å²) in [4.78, 5) is 2.20. The number of ether oxygens (including phenoxy) is 1. The first kappa shape index (κ1) is 17.7. The summed E-state index contributed by atoms with van der Waals surface area (Å²) in [5, 5.41) is 0.529. The predicted octanol–water partition coefficient (Wildman–Crippen LogP) is 2.01. The molecule has 4 atom stereocenters. The van der Waals surface area contributed by atoms with Gasteiger partial charge in [0.25, 0.3) is 0 Å². The molecule has 25 heavy (non-hydrogen) atoms. The van der Waals surface area contributed by atoms with Crippen LogP contribution >= 0.6 is 11.6 Å². The number of halogens is 2. The third kappa shape index (κ3) is 3.32. The summed E-state index contributed by atoms with van der Waals surface area (Å²) < 4.78 is 45.8. The van der Waals surface area contributed by atoms with Crippen molar-refractivity contribution in [2.24, 2.45) is 11.8 Å². The third-order valence-electron chi connectivity index (χ3n) is 5.84. The van der Waals surface area contributed by atoms with E-state index < -0.39 is 10.0 Å². The number of likely N-dealkylation sites (tertiary alicyclic amines) is 1. The normalized spacial score (nSPS) is 34.6. The van der Waals surface area contributed by atoms with Gasteiger partial charge >= 0.3 is 0 Å². The highest BCUT2D eigenvalue weighted by molar-refractivity contribution is 7.88. The molecule has 8 heteroatoms. The highest BCUT2D eigenvalue weighted by Crippen LogP contribution is 2.54. The number of benzene rings is 1. The number of nitrogens with zero attached hydrogens (tertiary/aromatic N) is 1. The van der Waals surface area contributed by atoms with E-state index in [4.69, 9.17) is 16.3 Å². The fraction of sp³-hybridized carbons (Fsp3) is 0.647. The lowest BCUT2D eigenvalue weighted by Crippen LogP contribution is -2.41. The first-order valence-corrected chi connectivity index (χ1v) is 10.8. The minimum Gasteiger partial charge on any atom is -0.370 e. The number of fused-ring (bicyclic) bond motifs is 1. The van der Waals surface area contributed by atoms with Crippen molar-refractivity contribution in [3.63, 3.8) is 0 Å². The maximum atomic E-state index is 14.0. The highest BCUT2D eigenvalue weighted by atomic mass is 35.5. The van der Waals surface area contributed by atoms with Crippen LogP contribution in [-0.2, 0) is 21.3 Å². The molecule has 3 heterocycles. The Hall–Kier alpha value is -0.730. The maximum absolute atomic E-state index is 14.0. The van der Waals surface area contributed by atoms with Crippen molar-refractivity contribution in [2.75, 3.05) is 25.9 Å². The lowest BCUT2D eigenvalue weighted by molar-refractivity contribution is 0.00212. The van der Waals surface area contributed by atoms with Gasteiger partial charge in [0, 0.05) is 48.6 Å². The second-order valence-corrected chi connectivity index (χ2v) is 9.83. The minimum absolute atomic E-state index is 0.129. The Kier molecular flexibility index (Phi) is 4.36. The zero-order valence-electron chi connectivity index (χ0n) is 14.0. The number of sulfonamides is 1. The molecule has 0 aliphatic carbocycles. The van der Waals surface area contributed by atoms with Gasteiger partial charge in [-0.1, -0.05) is 11.6 Å². The van der Waals surface area contributed by atoms with Crippen molar-refractivity contribution >= 4 is 21.6 Å². The summed E-state index contributed by atoms with van der Waals surface area (Å²) in [5.41, 5.74) is 0.382. The molecule has 3 aliphatic rings. The van der Waals surface area contributed by atoms with E-state index in [1.165, 1.54) is 12.3 Å². The molecule has 138 valence electrons. The van der Waals surface area contributed by atoms with Gasteiger partial charge in [0.15, 0.2) is 0 Å². The first-order valence-electron chi connectivity index (χ1n) is 8.54. The van der Waals surface area contributed by atoms with Gasteiger partial charge in [0.2, 0.25) is 10.0 Å². The summed E-state index contributed by atoms with van der Waals surface area (Å²) in [7, 11) is -3.22. The smallest absolute Gasteiger partial charge is 0.208 e. The van der Waals surface area contributed by atoms with Gasteiger partial charge in [0.05, 0.1) is 18.0 Å². The minimum atomic E-state index is -3.22. The Labute approximate surface area is 152 Å². The van der Waals surface area contributed by atoms with E-state index in [-0.39, 0.29) is 29.4 Å². The molecule has 3 fully saturated rings. The van der Waals surface area contributed by atoms with Crippen molar-refractivity contribution in [3.05, 3.63) is 34.6 Å². The first-order chi connectivity index (χ1) is 11.8. The molecule has 3 aliphatic heterocycles. The van der Waals surface area contributed by atoms with Crippen molar-refractivity contribution in [2.45, 2.75) is 31.1 Å². The molecule has 5 nitrogen and oxygen atoms in total. The van der Waals surface area contributed by atoms with Crippen molar-refractivity contribution < 1.29 is 17.5 Å². The zero-order chi connectivity index (χ0) is 17.8. The predicted molar refractivity (Wildman–Crippen MR) is 93.4 cm³/mol. The third-order valence-corrected chi connectivity index (χ3v) is 6.76. The van der Waals surface area contributed by atoms with Crippen LogP contribution in [0.15, 0.2) is 18.2 Å². The Balaban J connectivity index is 1.48. The van der Waals surface area contributed by atoms with E-state index in [1.54, 1.807) is 12.1 Å². The Morgan fingerprint density at radius 1 is 1.48 bits per heavy atom. The fourth-order valence-electron chi connectivity index (χ4n) is 4.83. The molecule has 0 aromatic heterocycles. The van der Waals surface area contributed by atoms with Crippen LogP contribution < -0.4 is 4.72 Å². The van der Waals surface area contributed by atoms with Crippen molar-refractivity contribution in [3.8, 4) is 0 Å². The van der Waals surface area contributed by atoms with Gasteiger partial charge < -0.3 is 4.74 Å². The lowest BCUT2D eigenvalue weighted by Gasteiger charge is -2.29. The van der Waals surface area contributed by atoms with Crippen LogP contribution in [0.4, 0.5) is 4.39 Å². The monoisotopic (exact) mass is 388 g/mol. The molecule has 1 N–H and O–H groups in total. The van der Waals surface area contributed by atoms with Crippen LogP contribution in [0.25, 0.3) is 0 Å². The molecule has 0 unspecified atom stereocenters. The molecule has 1 aromatic carbocycles. The molecular formula is C17H22ClFN2O3S. The molecule has 3 saturated heterocycles. The number of nitrogens with one attached hydrogen (secondary N) is 1. The Bertz CT molecular complexity index is 790. The molecule has 2 bridgehead atoms. The second-order valence-electron chi connectivity index (χ2n) is 7.56. The van der Waals surface area contributed by atoms with E-state index in [1.807, 2.05) is 0 Å². The van der Waals surface area contributed by atoms with Crippen LogP contribution in [0.2, 0.25) is 5.02 Å². The summed E-state index contributed by atoms with van der Waals surface area (Å²) in [6.07, 6.45) is 3.27. The molecule has 1 spiro atoms. The Morgan fingerprint density at radius 2 is 2.28 bits per heavy atom. The van der Waals surface area contributed by atoms with Crippen LogP contribution in [0.5, 0.6) is 0 Å². The molecule has 1 aromatic rings. The summed E-state index contributed by atoms with van der Waals surface area (Å²) in [6.45, 7) is 2.45. The average molecular weight is 389 g/mol. The molecule has 4 rings (SSSR count). The van der Waals surface area contributed by atoms with Gasteiger partial charge in [0.1, 0.15) is 5.82 Å². The zero-order valence-corrected chi connectivity index (χ0v) is 15.6. The lowest BCUT2D eigenvalue weighted by atomic mass is 9.74. The van der Waals surface area contributed by atoms with Gasteiger partial charge in [-0.25, -0.2) is 17.5 Å². The number of hydrogen-bond acceptors (Lipinski definition) is 4. The second kappa shape index (κ2) is 6.16. The van der Waals surface area contributed by atoms with E-state index in [0.717, 1.165) is 25.9 Å². The van der Waals surface area contributed by atoms with Crippen LogP contribution in [-0.4, -0.2) is 50.9 Å². The maximum Gasteiger partial charge on any atom is 0.208 e. The van der Waals surface area contributed by atoms with E-state index in [2.05, 4.69) is 9.62 Å². The number of rotatable bonds is 5. The molecule has 0 saturated carbocycles. The highest BCUT2D eigenvalue weighted by Gasteiger charge is 2.62. The van der Waals surface area contributed by atoms with Gasteiger partial charge in [-0.15, -0.1) is 0 Å². The van der Waals surface area contributed by atoms with Crippen molar-refractivity contribution in [1.29, 1.82) is 0 Å². The average Bonchev–Trinajstić information content (AvgIpc) is 3.15. The largest absolute Gasteiger partial charge is 0.370 e.